The number of nitrogens with zero attached hydrogens (tertiary/aromatic N) is 2. The lowest BCUT2D eigenvalue weighted by molar-refractivity contribution is -0.136. The number of ether oxygens (including phenoxy) is 3. The van der Waals surface area contributed by atoms with E-state index in [4.69, 9.17) is 14.2 Å². The number of carbonyl (C=O) groups excluding carboxylic acids is 2. The molecule has 7 nitrogen and oxygen atoms in total. The van der Waals surface area contributed by atoms with E-state index in [0.717, 1.165) is 12.0 Å². The fourth-order valence-corrected chi connectivity index (χ4v) is 5.33. The van der Waals surface area contributed by atoms with Crippen LogP contribution in [0, 0.1) is 0 Å². The van der Waals surface area contributed by atoms with Crippen LogP contribution >= 0.6 is 11.3 Å². The lowest BCUT2D eigenvalue weighted by atomic mass is 10.00. The van der Waals surface area contributed by atoms with Crippen molar-refractivity contribution in [1.82, 2.24) is 9.80 Å². The Balaban J connectivity index is 1.53. The Bertz CT molecular complexity index is 1190. The van der Waals surface area contributed by atoms with E-state index in [-0.39, 0.29) is 30.4 Å². The number of rotatable bonds is 9. The number of para-hydroxylation sites is 2. The van der Waals surface area contributed by atoms with Gasteiger partial charge in [0.05, 0.1) is 20.3 Å². The average Bonchev–Trinajstić information content (AvgIpc) is 3.39. The summed E-state index contributed by atoms with van der Waals surface area (Å²) in [6, 6.07) is 16.1. The molecule has 2 aromatic carbocycles. The van der Waals surface area contributed by atoms with Crippen LogP contribution in [-0.4, -0.2) is 61.6 Å². The molecule has 3 aromatic rings. The van der Waals surface area contributed by atoms with Gasteiger partial charge in [-0.15, -0.1) is 11.3 Å². The fourth-order valence-electron chi connectivity index (χ4n) is 4.41. The van der Waals surface area contributed by atoms with Gasteiger partial charge in [0.1, 0.15) is 18.9 Å². The summed E-state index contributed by atoms with van der Waals surface area (Å²) < 4.78 is 16.8. The van der Waals surface area contributed by atoms with E-state index in [0.29, 0.717) is 36.0 Å². The zero-order chi connectivity index (χ0) is 25.7. The molecule has 0 unspecified atom stereocenters. The molecule has 4 rings (SSSR count). The Morgan fingerprint density at radius 1 is 1.03 bits per heavy atom. The monoisotopic (exact) mass is 508 g/mol. The van der Waals surface area contributed by atoms with Gasteiger partial charge in [-0.3, -0.25) is 9.59 Å². The lowest BCUT2D eigenvalue weighted by Gasteiger charge is -2.37. The first-order chi connectivity index (χ1) is 17.4. The third kappa shape index (κ3) is 5.49. The first kappa shape index (κ1) is 25.6. The molecule has 2 amide bonds. The predicted molar refractivity (Wildman–Crippen MR) is 140 cm³/mol. The van der Waals surface area contributed by atoms with Crippen LogP contribution in [-0.2, 0) is 11.2 Å². The summed E-state index contributed by atoms with van der Waals surface area (Å²) in [5.41, 5.74) is 1.62. The molecular weight excluding hydrogens is 476 g/mol. The molecule has 1 aromatic heterocycles. The van der Waals surface area contributed by atoms with Gasteiger partial charge in [0.2, 0.25) is 5.91 Å². The maximum Gasteiger partial charge on any atom is 0.254 e. The quantitative estimate of drug-likeness (QED) is 0.415. The summed E-state index contributed by atoms with van der Waals surface area (Å²) in [4.78, 5) is 31.7. The van der Waals surface area contributed by atoms with E-state index in [1.165, 1.54) is 4.88 Å². The van der Waals surface area contributed by atoms with E-state index in [1.807, 2.05) is 43.0 Å². The van der Waals surface area contributed by atoms with Crippen LogP contribution in [0.2, 0.25) is 0 Å². The molecule has 190 valence electrons. The average molecular weight is 509 g/mol. The summed E-state index contributed by atoms with van der Waals surface area (Å²) in [5, 5.41) is 2.06. The van der Waals surface area contributed by atoms with Gasteiger partial charge in [-0.2, -0.15) is 0 Å². The van der Waals surface area contributed by atoms with Gasteiger partial charge in [-0.05, 0) is 73.7 Å². The van der Waals surface area contributed by atoms with Crippen molar-refractivity contribution in [3.63, 3.8) is 0 Å². The molecule has 0 saturated carbocycles. The van der Waals surface area contributed by atoms with Gasteiger partial charge in [-0.1, -0.05) is 12.1 Å². The van der Waals surface area contributed by atoms with Crippen molar-refractivity contribution in [3.8, 4) is 17.2 Å². The molecule has 36 heavy (non-hydrogen) atoms. The van der Waals surface area contributed by atoms with Crippen molar-refractivity contribution >= 4 is 23.2 Å². The number of hydrogen-bond acceptors (Lipinski definition) is 6. The second kappa shape index (κ2) is 11.5. The predicted octanol–water partition coefficient (Wildman–Crippen LogP) is 4.82. The van der Waals surface area contributed by atoms with Crippen molar-refractivity contribution in [2.24, 2.45) is 0 Å². The van der Waals surface area contributed by atoms with E-state index < -0.39 is 0 Å². The highest BCUT2D eigenvalue weighted by Gasteiger charge is 2.34. The van der Waals surface area contributed by atoms with E-state index in [9.17, 15) is 9.59 Å². The topological polar surface area (TPSA) is 68.3 Å². The molecule has 0 spiro atoms. The van der Waals surface area contributed by atoms with Crippen LogP contribution in [0.3, 0.4) is 0 Å². The van der Waals surface area contributed by atoms with Crippen molar-refractivity contribution < 1.29 is 23.8 Å². The fraction of sp³-hybridized carbons (Fsp3) is 0.357. The summed E-state index contributed by atoms with van der Waals surface area (Å²) >= 11 is 1.70. The number of hydrogen-bond donors (Lipinski definition) is 0. The molecule has 2 heterocycles. The molecule has 8 heteroatoms. The molecule has 0 saturated heterocycles. The molecule has 0 bridgehead atoms. The minimum Gasteiger partial charge on any atom is -0.497 e. The molecule has 0 N–H and O–H groups in total. The Morgan fingerprint density at radius 3 is 2.42 bits per heavy atom. The normalized spacial score (nSPS) is 14.8. The number of amides is 2. The standard InChI is InChI=1S/C28H32N2O5S/c1-19(2)30(28(32)20-9-11-21(33-3)12-10-20)17-27(31)29-15-13-26-22(14-16-36-26)23(29)18-35-25-8-6-5-7-24(25)34-4/h5-12,14,16,19,23H,13,15,17-18H2,1-4H3/t23-/m1/s1. The SMILES string of the molecule is COc1ccc(C(=O)N(CC(=O)N2CCc3sccc3[C@H]2COc2ccccc2OC)C(C)C)cc1. The summed E-state index contributed by atoms with van der Waals surface area (Å²) in [6.07, 6.45) is 0.790. The minimum absolute atomic E-state index is 0.00679. The van der Waals surface area contributed by atoms with Gasteiger partial charge in [0.25, 0.3) is 5.91 Å². The Hall–Kier alpha value is -3.52. The van der Waals surface area contributed by atoms with Crippen LogP contribution in [0.5, 0.6) is 17.2 Å². The van der Waals surface area contributed by atoms with Gasteiger partial charge >= 0.3 is 0 Å². The highest BCUT2D eigenvalue weighted by atomic mass is 32.1. The number of thiophene rings is 1. The molecule has 1 aliphatic rings. The van der Waals surface area contributed by atoms with Gasteiger partial charge in [0, 0.05) is 23.0 Å². The Labute approximate surface area is 216 Å². The lowest BCUT2D eigenvalue weighted by Crippen LogP contribution is -2.49. The van der Waals surface area contributed by atoms with Gasteiger partial charge < -0.3 is 24.0 Å². The van der Waals surface area contributed by atoms with Crippen LogP contribution < -0.4 is 14.2 Å². The maximum atomic E-state index is 13.7. The Kier molecular flexibility index (Phi) is 8.15. The number of benzene rings is 2. The summed E-state index contributed by atoms with van der Waals surface area (Å²) in [5.74, 6) is 1.67. The van der Waals surface area contributed by atoms with Gasteiger partial charge in [0.15, 0.2) is 11.5 Å². The molecule has 1 aliphatic heterocycles. The van der Waals surface area contributed by atoms with Crippen LogP contribution in [0.1, 0.15) is 40.7 Å². The minimum atomic E-state index is -0.248. The zero-order valence-corrected chi connectivity index (χ0v) is 21.9. The smallest absolute Gasteiger partial charge is 0.254 e. The molecule has 0 fully saturated rings. The molecule has 0 radical (unpaired) electrons. The molecule has 0 aliphatic carbocycles. The van der Waals surface area contributed by atoms with Crippen molar-refractivity contribution in [2.45, 2.75) is 32.4 Å². The summed E-state index contributed by atoms with van der Waals surface area (Å²) in [7, 11) is 3.19. The Morgan fingerprint density at radius 2 is 1.75 bits per heavy atom. The van der Waals surface area contributed by atoms with Crippen LogP contribution in [0.4, 0.5) is 0 Å². The number of methoxy groups -OCH3 is 2. The van der Waals surface area contributed by atoms with Crippen LogP contribution in [0.25, 0.3) is 0 Å². The highest BCUT2D eigenvalue weighted by molar-refractivity contribution is 7.10. The van der Waals surface area contributed by atoms with Crippen molar-refractivity contribution in [3.05, 3.63) is 76.0 Å². The highest BCUT2D eigenvalue weighted by Crippen LogP contribution is 2.35. The zero-order valence-electron chi connectivity index (χ0n) is 21.1. The first-order valence-electron chi connectivity index (χ1n) is 12.0. The van der Waals surface area contributed by atoms with Crippen molar-refractivity contribution in [1.29, 1.82) is 0 Å². The molecule has 1 atom stereocenters. The van der Waals surface area contributed by atoms with E-state index in [2.05, 4.69) is 11.4 Å². The molecular formula is C28H32N2O5S. The first-order valence-corrected chi connectivity index (χ1v) is 12.9. The number of fused-ring (bicyclic) bond motifs is 1. The summed E-state index contributed by atoms with van der Waals surface area (Å²) in [6.45, 7) is 4.71. The maximum absolute atomic E-state index is 13.7. The van der Waals surface area contributed by atoms with Gasteiger partial charge in [-0.25, -0.2) is 0 Å². The largest absolute Gasteiger partial charge is 0.497 e. The van der Waals surface area contributed by atoms with Crippen molar-refractivity contribution in [2.75, 3.05) is 33.9 Å². The van der Waals surface area contributed by atoms with Crippen LogP contribution in [0.15, 0.2) is 60.0 Å². The second-order valence-corrected chi connectivity index (χ2v) is 9.87. The van der Waals surface area contributed by atoms with E-state index in [1.54, 1.807) is 54.7 Å². The number of carbonyl (C=O) groups is 2. The second-order valence-electron chi connectivity index (χ2n) is 8.87. The third-order valence-corrected chi connectivity index (χ3v) is 7.40. The van der Waals surface area contributed by atoms with E-state index >= 15 is 0 Å². The third-order valence-electron chi connectivity index (χ3n) is 6.41.